The van der Waals surface area contributed by atoms with Gasteiger partial charge in [-0.25, -0.2) is 4.79 Å². The summed E-state index contributed by atoms with van der Waals surface area (Å²) >= 11 is 6.42. The molecule has 1 atom stereocenters. The number of thiocarbonyl (C=S) groups is 1. The molecule has 0 spiro atoms. The number of carboxylic acids is 1. The molecule has 1 aliphatic heterocycles. The van der Waals surface area contributed by atoms with E-state index >= 15 is 0 Å². The van der Waals surface area contributed by atoms with Gasteiger partial charge in [0.1, 0.15) is 21.9 Å². The zero-order valence-corrected chi connectivity index (χ0v) is 17.5. The topological polar surface area (TPSA) is 76.1 Å². The van der Waals surface area contributed by atoms with E-state index in [1.807, 2.05) is 30.3 Å². The molecule has 6 nitrogen and oxygen atoms in total. The van der Waals surface area contributed by atoms with Crippen LogP contribution in [0.3, 0.4) is 0 Å². The number of rotatable bonds is 7. The number of amides is 1. The van der Waals surface area contributed by atoms with E-state index in [-0.39, 0.29) is 10.7 Å². The summed E-state index contributed by atoms with van der Waals surface area (Å²) in [7, 11) is 3.08. The first kappa shape index (κ1) is 20.9. The molecule has 0 aliphatic carbocycles. The fourth-order valence-corrected chi connectivity index (χ4v) is 4.32. The minimum Gasteiger partial charge on any atom is -0.497 e. The molecule has 1 aliphatic rings. The van der Waals surface area contributed by atoms with Crippen LogP contribution in [0.4, 0.5) is 0 Å². The van der Waals surface area contributed by atoms with Crippen molar-refractivity contribution >= 4 is 46.3 Å². The van der Waals surface area contributed by atoms with Crippen molar-refractivity contribution < 1.29 is 24.2 Å². The molecule has 150 valence electrons. The Labute approximate surface area is 178 Å². The van der Waals surface area contributed by atoms with Gasteiger partial charge in [-0.2, -0.15) is 0 Å². The zero-order chi connectivity index (χ0) is 21.0. The van der Waals surface area contributed by atoms with Gasteiger partial charge >= 0.3 is 5.97 Å². The number of aliphatic carboxylic acids is 1. The molecule has 0 bridgehead atoms. The highest BCUT2D eigenvalue weighted by Gasteiger charge is 2.40. The number of nitrogens with zero attached hydrogens (tertiary/aromatic N) is 1. The molecule has 0 radical (unpaired) electrons. The van der Waals surface area contributed by atoms with E-state index in [0.29, 0.717) is 22.0 Å². The summed E-state index contributed by atoms with van der Waals surface area (Å²) in [6.07, 6.45) is 1.81. The Balaban J connectivity index is 1.92. The average Bonchev–Trinajstić information content (AvgIpc) is 2.99. The molecule has 8 heteroatoms. The van der Waals surface area contributed by atoms with E-state index in [4.69, 9.17) is 21.7 Å². The first-order valence-corrected chi connectivity index (χ1v) is 9.93. The molecule has 1 fully saturated rings. The van der Waals surface area contributed by atoms with Gasteiger partial charge in [-0.05, 0) is 29.8 Å². The summed E-state index contributed by atoms with van der Waals surface area (Å²) in [4.78, 5) is 26.4. The molecule has 1 saturated heterocycles. The van der Waals surface area contributed by atoms with E-state index in [2.05, 4.69) is 0 Å². The number of thioether (sulfide) groups is 1. The molecule has 1 heterocycles. The summed E-state index contributed by atoms with van der Waals surface area (Å²) < 4.78 is 10.8. The van der Waals surface area contributed by atoms with Gasteiger partial charge in [-0.3, -0.25) is 9.69 Å². The lowest BCUT2D eigenvalue weighted by atomic mass is 10.0. The van der Waals surface area contributed by atoms with Crippen molar-refractivity contribution in [2.45, 2.75) is 12.5 Å². The number of carbonyl (C=O) groups excluding carboxylic acids is 1. The minimum absolute atomic E-state index is 0.165. The summed E-state index contributed by atoms with van der Waals surface area (Å²) in [6.45, 7) is 0. The SMILES string of the molecule is COc1ccc(OC)c(/C=C2\SC(=S)N([C@@H](Cc3ccccc3)C(=O)O)C2=O)c1. The van der Waals surface area contributed by atoms with Gasteiger partial charge in [0.05, 0.1) is 19.1 Å². The molecule has 1 amide bonds. The van der Waals surface area contributed by atoms with Crippen LogP contribution in [0.15, 0.2) is 53.4 Å². The van der Waals surface area contributed by atoms with Crippen LogP contribution < -0.4 is 9.47 Å². The second-order valence-electron chi connectivity index (χ2n) is 6.20. The van der Waals surface area contributed by atoms with Gasteiger partial charge in [0.2, 0.25) is 0 Å². The first-order valence-electron chi connectivity index (χ1n) is 8.70. The lowest BCUT2D eigenvalue weighted by molar-refractivity contribution is -0.145. The van der Waals surface area contributed by atoms with Crippen molar-refractivity contribution in [3.63, 3.8) is 0 Å². The van der Waals surface area contributed by atoms with E-state index in [0.717, 1.165) is 17.3 Å². The van der Waals surface area contributed by atoms with Crippen molar-refractivity contribution in [1.82, 2.24) is 4.90 Å². The van der Waals surface area contributed by atoms with Crippen molar-refractivity contribution in [1.29, 1.82) is 0 Å². The van der Waals surface area contributed by atoms with E-state index in [1.165, 1.54) is 12.0 Å². The highest BCUT2D eigenvalue weighted by Crippen LogP contribution is 2.36. The molecular weight excluding hydrogens is 410 g/mol. The maximum absolute atomic E-state index is 13.0. The third kappa shape index (κ3) is 4.60. The van der Waals surface area contributed by atoms with Crippen LogP contribution in [0, 0.1) is 0 Å². The predicted octanol–water partition coefficient (Wildman–Crippen LogP) is 3.60. The normalized spacial score (nSPS) is 16.2. The van der Waals surface area contributed by atoms with E-state index in [9.17, 15) is 14.7 Å². The molecule has 2 aromatic rings. The van der Waals surface area contributed by atoms with Crippen LogP contribution in [0.2, 0.25) is 0 Å². The fourth-order valence-electron chi connectivity index (χ4n) is 2.97. The number of hydrogen-bond donors (Lipinski definition) is 1. The highest BCUT2D eigenvalue weighted by molar-refractivity contribution is 8.26. The average molecular weight is 430 g/mol. The number of carbonyl (C=O) groups is 2. The van der Waals surface area contributed by atoms with Crippen LogP contribution in [-0.4, -0.2) is 46.5 Å². The molecular formula is C21H19NO5S2. The summed E-state index contributed by atoms with van der Waals surface area (Å²) in [6, 6.07) is 13.3. The van der Waals surface area contributed by atoms with Crippen molar-refractivity contribution in [3.05, 3.63) is 64.6 Å². The van der Waals surface area contributed by atoms with Gasteiger partial charge in [-0.15, -0.1) is 0 Å². The lowest BCUT2D eigenvalue weighted by Gasteiger charge is -2.23. The predicted molar refractivity (Wildman–Crippen MR) is 116 cm³/mol. The first-order chi connectivity index (χ1) is 13.9. The Morgan fingerprint density at radius 1 is 1.21 bits per heavy atom. The standard InChI is InChI=1S/C21H19NO5S2/c1-26-15-8-9-17(27-2)14(11-15)12-18-19(23)22(21(28)29-18)16(20(24)25)10-13-6-4-3-5-7-13/h3-9,11-12,16H,10H2,1-2H3,(H,24,25)/b18-12-/t16-/m0/s1. The van der Waals surface area contributed by atoms with Crippen molar-refractivity contribution in [2.75, 3.05) is 14.2 Å². The van der Waals surface area contributed by atoms with Gasteiger partial charge in [-0.1, -0.05) is 54.3 Å². The van der Waals surface area contributed by atoms with Crippen LogP contribution in [0.5, 0.6) is 11.5 Å². The third-order valence-electron chi connectivity index (χ3n) is 4.42. The fraction of sp³-hybridized carbons (Fsp3) is 0.190. The van der Waals surface area contributed by atoms with E-state index in [1.54, 1.807) is 31.4 Å². The number of ether oxygens (including phenoxy) is 2. The maximum Gasteiger partial charge on any atom is 0.327 e. The van der Waals surface area contributed by atoms with Gasteiger partial charge in [0, 0.05) is 12.0 Å². The largest absolute Gasteiger partial charge is 0.497 e. The number of carboxylic acid groups (broad SMARTS) is 1. The summed E-state index contributed by atoms with van der Waals surface area (Å²) in [5.74, 6) is -0.367. The molecule has 1 N–H and O–H groups in total. The molecule has 0 unspecified atom stereocenters. The maximum atomic E-state index is 13.0. The summed E-state index contributed by atoms with van der Waals surface area (Å²) in [5.41, 5.74) is 1.45. The molecule has 29 heavy (non-hydrogen) atoms. The second-order valence-corrected chi connectivity index (χ2v) is 7.88. The smallest absolute Gasteiger partial charge is 0.327 e. The number of methoxy groups -OCH3 is 2. The number of benzene rings is 2. The Morgan fingerprint density at radius 2 is 1.93 bits per heavy atom. The van der Waals surface area contributed by atoms with Crippen LogP contribution in [-0.2, 0) is 16.0 Å². The molecule has 0 aromatic heterocycles. The lowest BCUT2D eigenvalue weighted by Crippen LogP contribution is -2.45. The third-order valence-corrected chi connectivity index (χ3v) is 5.75. The molecule has 2 aromatic carbocycles. The Kier molecular flexibility index (Phi) is 6.56. The van der Waals surface area contributed by atoms with Crippen molar-refractivity contribution in [3.8, 4) is 11.5 Å². The molecule has 0 saturated carbocycles. The second kappa shape index (κ2) is 9.11. The zero-order valence-electron chi connectivity index (χ0n) is 15.8. The minimum atomic E-state index is -1.11. The Hall–Kier alpha value is -2.84. The Bertz CT molecular complexity index is 974. The molecule has 3 rings (SSSR count). The van der Waals surface area contributed by atoms with Crippen molar-refractivity contribution in [2.24, 2.45) is 0 Å². The van der Waals surface area contributed by atoms with Crippen LogP contribution >= 0.6 is 24.0 Å². The highest BCUT2D eigenvalue weighted by atomic mass is 32.2. The van der Waals surface area contributed by atoms with Crippen LogP contribution in [0.25, 0.3) is 6.08 Å². The van der Waals surface area contributed by atoms with E-state index < -0.39 is 17.9 Å². The monoisotopic (exact) mass is 429 g/mol. The van der Waals surface area contributed by atoms with Gasteiger partial charge in [0.25, 0.3) is 5.91 Å². The van der Waals surface area contributed by atoms with Crippen LogP contribution in [0.1, 0.15) is 11.1 Å². The van der Waals surface area contributed by atoms with Gasteiger partial charge < -0.3 is 14.6 Å². The quantitative estimate of drug-likeness (QED) is 0.532. The summed E-state index contributed by atoms with van der Waals surface area (Å²) in [5, 5.41) is 9.74. The Morgan fingerprint density at radius 3 is 2.55 bits per heavy atom. The van der Waals surface area contributed by atoms with Gasteiger partial charge in [0.15, 0.2) is 0 Å². The number of hydrogen-bond acceptors (Lipinski definition) is 6.